The van der Waals surface area contributed by atoms with Crippen LogP contribution >= 0.6 is 0 Å². The topological polar surface area (TPSA) is 41.1 Å². The van der Waals surface area contributed by atoms with Gasteiger partial charge >= 0.3 is 0 Å². The molecule has 2 heterocycles. The first-order chi connectivity index (χ1) is 12.3. The Hall–Kier alpha value is -2.33. The van der Waals surface area contributed by atoms with Gasteiger partial charge in [-0.2, -0.15) is 5.10 Å². The molecule has 4 nitrogen and oxygen atoms in total. The van der Waals surface area contributed by atoms with Crippen LogP contribution in [0.25, 0.3) is 22.0 Å². The van der Waals surface area contributed by atoms with Crippen molar-refractivity contribution in [2.24, 2.45) is 5.92 Å². The van der Waals surface area contributed by atoms with Crippen molar-refractivity contribution in [1.82, 2.24) is 15.1 Å². The summed E-state index contributed by atoms with van der Waals surface area (Å²) in [6.45, 7) is 2.26. The molecule has 2 fully saturated rings. The lowest BCUT2D eigenvalue weighted by Gasteiger charge is -2.26. The third kappa shape index (κ3) is 2.61. The van der Waals surface area contributed by atoms with Crippen LogP contribution < -0.4 is 4.74 Å². The third-order valence-electron chi connectivity index (χ3n) is 5.95. The highest BCUT2D eigenvalue weighted by Crippen LogP contribution is 2.39. The zero-order chi connectivity index (χ0) is 16.8. The predicted octanol–water partition coefficient (Wildman–Crippen LogP) is 4.22. The van der Waals surface area contributed by atoms with E-state index in [0.29, 0.717) is 0 Å². The smallest absolute Gasteiger partial charge is 0.119 e. The number of benzene rings is 2. The lowest BCUT2D eigenvalue weighted by Crippen LogP contribution is -2.31. The van der Waals surface area contributed by atoms with Crippen molar-refractivity contribution in [3.05, 3.63) is 48.2 Å². The molecule has 1 aromatic heterocycles. The minimum Gasteiger partial charge on any atom is -0.497 e. The second kappa shape index (κ2) is 5.88. The van der Waals surface area contributed by atoms with Crippen molar-refractivity contribution >= 4 is 10.8 Å². The van der Waals surface area contributed by atoms with E-state index in [1.807, 2.05) is 12.3 Å². The third-order valence-corrected chi connectivity index (χ3v) is 5.95. The first-order valence-electron chi connectivity index (χ1n) is 9.14. The number of ether oxygens (including phenoxy) is 1. The Morgan fingerprint density at radius 3 is 2.84 bits per heavy atom. The first kappa shape index (κ1) is 15.0. The number of methoxy groups -OCH3 is 1. The fraction of sp³-hybridized carbons (Fsp3) is 0.381. The standard InChI is InChI=1S/C21H23N3O/c1-25-20-7-5-15-9-17(4-3-16(15)10-20)21-18(11-22-23-21)13-24-12-14-2-6-19(24)8-14/h3-5,7,9-11,14,19H,2,6,8,12-13H2,1H3,(H,22,23)/t14-,19-/m0/s1. The maximum absolute atomic E-state index is 5.32. The zero-order valence-electron chi connectivity index (χ0n) is 14.5. The second-order valence-electron chi connectivity index (χ2n) is 7.46. The number of nitrogens with one attached hydrogen (secondary N) is 1. The van der Waals surface area contributed by atoms with Crippen LogP contribution in [0.15, 0.2) is 42.6 Å². The van der Waals surface area contributed by atoms with Crippen LogP contribution in [0.1, 0.15) is 24.8 Å². The molecular weight excluding hydrogens is 310 g/mol. The van der Waals surface area contributed by atoms with Crippen LogP contribution in [0.3, 0.4) is 0 Å². The van der Waals surface area contributed by atoms with Gasteiger partial charge in [0.15, 0.2) is 0 Å². The summed E-state index contributed by atoms with van der Waals surface area (Å²) >= 11 is 0. The van der Waals surface area contributed by atoms with Crippen LogP contribution in [-0.4, -0.2) is 34.8 Å². The number of piperidine rings is 1. The number of likely N-dealkylation sites (tertiary alicyclic amines) is 1. The quantitative estimate of drug-likeness (QED) is 0.777. The van der Waals surface area contributed by atoms with Gasteiger partial charge in [0.1, 0.15) is 5.75 Å². The van der Waals surface area contributed by atoms with Gasteiger partial charge in [-0.15, -0.1) is 0 Å². The molecule has 0 amide bonds. The average molecular weight is 333 g/mol. The molecule has 1 aliphatic heterocycles. The van der Waals surface area contributed by atoms with Gasteiger partial charge in [-0.25, -0.2) is 0 Å². The molecule has 1 N–H and O–H groups in total. The number of rotatable bonds is 4. The molecule has 3 aromatic rings. The van der Waals surface area contributed by atoms with Crippen molar-refractivity contribution in [3.63, 3.8) is 0 Å². The van der Waals surface area contributed by atoms with Crippen LogP contribution in [0.2, 0.25) is 0 Å². The number of aromatic amines is 1. The van der Waals surface area contributed by atoms with Crippen molar-refractivity contribution in [1.29, 1.82) is 0 Å². The molecular formula is C21H23N3O. The van der Waals surface area contributed by atoms with Crippen LogP contribution in [0.5, 0.6) is 5.75 Å². The lowest BCUT2D eigenvalue weighted by atomic mass is 10.0. The first-order valence-corrected chi connectivity index (χ1v) is 9.14. The molecule has 0 unspecified atom stereocenters. The molecule has 1 saturated heterocycles. The minimum absolute atomic E-state index is 0.789. The van der Waals surface area contributed by atoms with Gasteiger partial charge in [0.05, 0.1) is 19.0 Å². The Labute approximate surface area is 147 Å². The van der Waals surface area contributed by atoms with E-state index in [4.69, 9.17) is 4.74 Å². The number of hydrogen-bond acceptors (Lipinski definition) is 3. The Kier molecular flexibility index (Phi) is 3.52. The summed E-state index contributed by atoms with van der Waals surface area (Å²) in [5.41, 5.74) is 3.66. The maximum Gasteiger partial charge on any atom is 0.119 e. The van der Waals surface area contributed by atoms with E-state index < -0.39 is 0 Å². The number of nitrogens with zero attached hydrogens (tertiary/aromatic N) is 2. The fourth-order valence-electron chi connectivity index (χ4n) is 4.63. The van der Waals surface area contributed by atoms with E-state index in [2.05, 4.69) is 45.4 Å². The van der Waals surface area contributed by atoms with E-state index in [-0.39, 0.29) is 0 Å². The Bertz CT molecular complexity index is 916. The zero-order valence-corrected chi connectivity index (χ0v) is 14.5. The van der Waals surface area contributed by atoms with Gasteiger partial charge < -0.3 is 4.74 Å². The molecule has 0 radical (unpaired) electrons. The molecule has 128 valence electrons. The molecule has 2 atom stereocenters. The summed E-state index contributed by atoms with van der Waals surface area (Å²) < 4.78 is 5.32. The minimum atomic E-state index is 0.789. The van der Waals surface area contributed by atoms with Crippen molar-refractivity contribution in [2.45, 2.75) is 31.8 Å². The van der Waals surface area contributed by atoms with Crippen LogP contribution in [0.4, 0.5) is 0 Å². The Morgan fingerprint density at radius 1 is 1.16 bits per heavy atom. The van der Waals surface area contributed by atoms with Gasteiger partial charge in [0, 0.05) is 30.3 Å². The summed E-state index contributed by atoms with van der Waals surface area (Å²) in [6, 6.07) is 13.6. The summed E-state index contributed by atoms with van der Waals surface area (Å²) in [5.74, 6) is 1.82. The highest BCUT2D eigenvalue weighted by molar-refractivity contribution is 5.88. The Balaban J connectivity index is 1.45. The van der Waals surface area contributed by atoms with Gasteiger partial charge in [0.25, 0.3) is 0 Å². The number of aromatic nitrogens is 2. The normalized spacial score (nSPS) is 22.8. The number of H-pyrrole nitrogens is 1. The summed E-state index contributed by atoms with van der Waals surface area (Å²) in [4.78, 5) is 2.65. The van der Waals surface area contributed by atoms with E-state index in [1.165, 1.54) is 47.7 Å². The van der Waals surface area contributed by atoms with Gasteiger partial charge in [0.2, 0.25) is 0 Å². The average Bonchev–Trinajstić information content (AvgIpc) is 3.38. The van der Waals surface area contributed by atoms with Crippen LogP contribution in [-0.2, 0) is 6.54 Å². The highest BCUT2D eigenvalue weighted by Gasteiger charge is 2.37. The summed E-state index contributed by atoms with van der Waals surface area (Å²) in [5, 5.41) is 9.98. The van der Waals surface area contributed by atoms with Crippen molar-refractivity contribution < 1.29 is 4.74 Å². The fourth-order valence-corrected chi connectivity index (χ4v) is 4.63. The van der Waals surface area contributed by atoms with E-state index in [0.717, 1.165) is 29.9 Å². The van der Waals surface area contributed by atoms with E-state index >= 15 is 0 Å². The van der Waals surface area contributed by atoms with E-state index in [9.17, 15) is 0 Å². The lowest BCUT2D eigenvalue weighted by molar-refractivity contribution is 0.205. The molecule has 4 heteroatoms. The maximum atomic E-state index is 5.32. The van der Waals surface area contributed by atoms with Gasteiger partial charge in [-0.3, -0.25) is 10.00 Å². The molecule has 1 aliphatic carbocycles. The molecule has 2 bridgehead atoms. The molecule has 25 heavy (non-hydrogen) atoms. The number of fused-ring (bicyclic) bond motifs is 3. The van der Waals surface area contributed by atoms with Crippen molar-refractivity contribution in [2.75, 3.05) is 13.7 Å². The monoisotopic (exact) mass is 333 g/mol. The molecule has 2 aromatic carbocycles. The molecule has 0 spiro atoms. The molecule has 2 aliphatic rings. The van der Waals surface area contributed by atoms with Crippen LogP contribution in [0, 0.1) is 5.92 Å². The van der Waals surface area contributed by atoms with E-state index in [1.54, 1.807) is 7.11 Å². The summed E-state index contributed by atoms with van der Waals surface area (Å²) in [6.07, 6.45) is 6.19. The Morgan fingerprint density at radius 2 is 2.04 bits per heavy atom. The molecule has 1 saturated carbocycles. The van der Waals surface area contributed by atoms with Gasteiger partial charge in [-0.05, 0) is 54.2 Å². The predicted molar refractivity (Wildman–Crippen MR) is 99.6 cm³/mol. The summed E-state index contributed by atoms with van der Waals surface area (Å²) in [7, 11) is 1.71. The largest absolute Gasteiger partial charge is 0.497 e. The number of hydrogen-bond donors (Lipinski definition) is 1. The second-order valence-corrected chi connectivity index (χ2v) is 7.46. The van der Waals surface area contributed by atoms with Crippen molar-refractivity contribution in [3.8, 4) is 17.0 Å². The molecule has 5 rings (SSSR count). The highest BCUT2D eigenvalue weighted by atomic mass is 16.5. The SMILES string of the molecule is COc1ccc2cc(-c3[nH]ncc3CN3C[C@H]4CC[C@H]3C4)ccc2c1. The van der Waals surface area contributed by atoms with Gasteiger partial charge in [-0.1, -0.05) is 18.2 Å².